The Balaban J connectivity index is 2.57. The summed E-state index contributed by atoms with van der Waals surface area (Å²) in [5.41, 5.74) is -0.0154. The van der Waals surface area contributed by atoms with Gasteiger partial charge in [0, 0.05) is 18.2 Å². The lowest BCUT2D eigenvalue weighted by Gasteiger charge is -2.25. The van der Waals surface area contributed by atoms with Crippen LogP contribution in [-0.4, -0.2) is 41.7 Å². The van der Waals surface area contributed by atoms with Crippen molar-refractivity contribution in [3.05, 3.63) is 34.4 Å². The van der Waals surface area contributed by atoms with E-state index in [-0.39, 0.29) is 30.4 Å². The van der Waals surface area contributed by atoms with E-state index in [1.807, 2.05) is 20.8 Å². The van der Waals surface area contributed by atoms with E-state index in [1.54, 1.807) is 13.8 Å². The maximum absolute atomic E-state index is 12.3. The van der Waals surface area contributed by atoms with E-state index >= 15 is 0 Å². The third kappa shape index (κ3) is 8.04. The lowest BCUT2D eigenvalue weighted by Crippen LogP contribution is -2.53. The number of amides is 2. The molecule has 0 heterocycles. The first kappa shape index (κ1) is 22.4. The normalized spacial score (nSPS) is 13.1. The molecular formula is C18H27N3O6. The molecule has 0 aliphatic carbocycles. The number of alkyl carbamates (subject to hydrolysis) is 1. The van der Waals surface area contributed by atoms with E-state index in [1.165, 1.54) is 24.3 Å². The van der Waals surface area contributed by atoms with Crippen LogP contribution in [0.2, 0.25) is 0 Å². The van der Waals surface area contributed by atoms with E-state index in [4.69, 9.17) is 9.47 Å². The first-order chi connectivity index (χ1) is 12.6. The number of hydrogen-bond donors (Lipinski definition) is 2. The quantitative estimate of drug-likeness (QED) is 0.498. The highest BCUT2D eigenvalue weighted by molar-refractivity contribution is 5.95. The summed E-state index contributed by atoms with van der Waals surface area (Å²) in [7, 11) is 0. The number of nitro groups is 1. The molecule has 1 rings (SSSR count). The van der Waals surface area contributed by atoms with E-state index < -0.39 is 23.0 Å². The molecule has 1 aromatic rings. The zero-order chi connectivity index (χ0) is 20.6. The number of nitrogens with zero attached hydrogens (tertiary/aromatic N) is 1. The van der Waals surface area contributed by atoms with Crippen LogP contribution in [0.3, 0.4) is 0 Å². The first-order valence-corrected chi connectivity index (χ1v) is 8.75. The van der Waals surface area contributed by atoms with Crippen LogP contribution in [0.5, 0.6) is 5.75 Å². The number of nitro benzene ring substituents is 1. The first-order valence-electron chi connectivity index (χ1n) is 8.75. The van der Waals surface area contributed by atoms with Gasteiger partial charge in [-0.3, -0.25) is 25.5 Å². The highest BCUT2D eigenvalue weighted by Gasteiger charge is 2.26. The van der Waals surface area contributed by atoms with Crippen molar-refractivity contribution >= 4 is 17.7 Å². The van der Waals surface area contributed by atoms with Crippen molar-refractivity contribution in [2.24, 2.45) is 5.92 Å². The molecule has 9 nitrogen and oxygen atoms in total. The number of rotatable bonds is 9. The molecule has 0 spiro atoms. The van der Waals surface area contributed by atoms with Gasteiger partial charge in [0.2, 0.25) is 5.91 Å². The highest BCUT2D eigenvalue weighted by Crippen LogP contribution is 2.17. The van der Waals surface area contributed by atoms with Crippen molar-refractivity contribution in [2.45, 2.75) is 52.8 Å². The molecule has 0 radical (unpaired) electrons. The van der Waals surface area contributed by atoms with Crippen LogP contribution in [-0.2, 0) is 9.53 Å². The molecule has 0 aromatic heterocycles. The van der Waals surface area contributed by atoms with E-state index in [2.05, 4.69) is 10.6 Å². The molecule has 150 valence electrons. The molecule has 27 heavy (non-hydrogen) atoms. The number of benzene rings is 1. The molecule has 1 unspecified atom stereocenters. The highest BCUT2D eigenvalue weighted by atomic mass is 16.6. The summed E-state index contributed by atoms with van der Waals surface area (Å²) in [6.07, 6.45) is -1.10. The molecule has 1 aromatic carbocycles. The molecule has 0 fully saturated rings. The van der Waals surface area contributed by atoms with Gasteiger partial charge in [0.25, 0.3) is 5.69 Å². The number of ether oxygens (including phenoxy) is 2. The van der Waals surface area contributed by atoms with E-state index in [9.17, 15) is 19.7 Å². The number of nitrogens with one attached hydrogen (secondary N) is 2. The predicted octanol–water partition coefficient (Wildman–Crippen LogP) is 2.64. The number of imide groups is 1. The van der Waals surface area contributed by atoms with Gasteiger partial charge in [-0.2, -0.15) is 0 Å². The summed E-state index contributed by atoms with van der Waals surface area (Å²) in [6, 6.07) is 4.93. The standard InChI is InChI=1S/C18H27N3O6/c1-11(2)16(17(22)20-18(23)27-12(3)4)19-13(5)10-26-15-8-6-14(7-9-15)21(24)25/h6-9,11-13,16,19H,10H2,1-5H3,(H,20,22,23)/t13?,16-/m0/s1. The maximum atomic E-state index is 12.3. The summed E-state index contributed by atoms with van der Waals surface area (Å²) in [5.74, 6) is -0.0585. The Labute approximate surface area is 158 Å². The van der Waals surface area contributed by atoms with Crippen LogP contribution in [0, 0.1) is 16.0 Å². The molecule has 2 amide bonds. The zero-order valence-corrected chi connectivity index (χ0v) is 16.2. The molecule has 2 atom stereocenters. The van der Waals surface area contributed by atoms with Crippen LogP contribution in [0.1, 0.15) is 34.6 Å². The van der Waals surface area contributed by atoms with Crippen molar-refractivity contribution in [3.8, 4) is 5.75 Å². The van der Waals surface area contributed by atoms with Gasteiger partial charge in [-0.1, -0.05) is 13.8 Å². The van der Waals surface area contributed by atoms with Crippen LogP contribution < -0.4 is 15.4 Å². The minimum Gasteiger partial charge on any atom is -0.492 e. The fraction of sp³-hybridized carbons (Fsp3) is 0.556. The molecule has 0 saturated carbocycles. The van der Waals surface area contributed by atoms with Gasteiger partial charge in [0.1, 0.15) is 12.4 Å². The largest absolute Gasteiger partial charge is 0.492 e. The summed E-state index contributed by atoms with van der Waals surface area (Å²) in [4.78, 5) is 34.1. The van der Waals surface area contributed by atoms with Crippen LogP contribution in [0.15, 0.2) is 24.3 Å². The lowest BCUT2D eigenvalue weighted by molar-refractivity contribution is -0.384. The van der Waals surface area contributed by atoms with Crippen LogP contribution in [0.25, 0.3) is 0 Å². The fourth-order valence-electron chi connectivity index (χ4n) is 2.23. The number of carbonyl (C=O) groups excluding carboxylic acids is 2. The monoisotopic (exact) mass is 381 g/mol. The van der Waals surface area contributed by atoms with Gasteiger partial charge in [-0.25, -0.2) is 4.79 Å². The maximum Gasteiger partial charge on any atom is 0.414 e. The van der Waals surface area contributed by atoms with Gasteiger partial charge in [-0.05, 0) is 38.8 Å². The zero-order valence-electron chi connectivity index (χ0n) is 16.2. The molecule has 0 bridgehead atoms. The topological polar surface area (TPSA) is 120 Å². The minimum atomic E-state index is -0.780. The minimum absolute atomic E-state index is 0.0154. The Kier molecular flexibility index (Phi) is 8.67. The van der Waals surface area contributed by atoms with Crippen LogP contribution in [0.4, 0.5) is 10.5 Å². The number of non-ortho nitro benzene ring substituents is 1. The van der Waals surface area contributed by atoms with Crippen molar-refractivity contribution in [2.75, 3.05) is 6.61 Å². The van der Waals surface area contributed by atoms with Gasteiger partial charge >= 0.3 is 6.09 Å². The van der Waals surface area contributed by atoms with Crippen molar-refractivity contribution in [1.29, 1.82) is 0 Å². The second kappa shape index (κ2) is 10.5. The van der Waals surface area contributed by atoms with Gasteiger partial charge < -0.3 is 9.47 Å². The fourth-order valence-corrected chi connectivity index (χ4v) is 2.23. The van der Waals surface area contributed by atoms with E-state index in [0.29, 0.717) is 5.75 Å². The summed E-state index contributed by atoms with van der Waals surface area (Å²) >= 11 is 0. The Bertz CT molecular complexity index is 645. The molecule has 2 N–H and O–H groups in total. The SMILES string of the molecule is CC(COc1ccc([N+](=O)[O-])cc1)N[C@H](C(=O)NC(=O)OC(C)C)C(C)C. The summed E-state index contributed by atoms with van der Waals surface area (Å²) in [5, 5.41) is 16.0. The van der Waals surface area contributed by atoms with Gasteiger partial charge in [0.15, 0.2) is 0 Å². The molecule has 0 aliphatic rings. The van der Waals surface area contributed by atoms with Crippen molar-refractivity contribution < 1.29 is 24.0 Å². The summed E-state index contributed by atoms with van der Waals surface area (Å²) < 4.78 is 10.5. The molecular weight excluding hydrogens is 354 g/mol. The molecule has 0 saturated heterocycles. The third-order valence-corrected chi connectivity index (χ3v) is 3.53. The lowest BCUT2D eigenvalue weighted by atomic mass is 10.0. The predicted molar refractivity (Wildman–Crippen MR) is 99.6 cm³/mol. The second-order valence-corrected chi connectivity index (χ2v) is 6.79. The smallest absolute Gasteiger partial charge is 0.414 e. The van der Waals surface area contributed by atoms with Crippen LogP contribution >= 0.6 is 0 Å². The molecule has 9 heteroatoms. The summed E-state index contributed by atoms with van der Waals surface area (Å²) in [6.45, 7) is 9.18. The Morgan fingerprint density at radius 3 is 2.19 bits per heavy atom. The number of hydrogen-bond acceptors (Lipinski definition) is 7. The van der Waals surface area contributed by atoms with Crippen molar-refractivity contribution in [1.82, 2.24) is 10.6 Å². The Morgan fingerprint density at radius 1 is 1.11 bits per heavy atom. The van der Waals surface area contributed by atoms with Gasteiger partial charge in [-0.15, -0.1) is 0 Å². The van der Waals surface area contributed by atoms with Gasteiger partial charge in [0.05, 0.1) is 17.1 Å². The second-order valence-electron chi connectivity index (χ2n) is 6.79. The third-order valence-electron chi connectivity index (χ3n) is 3.53. The Hall–Kier alpha value is -2.68. The average molecular weight is 381 g/mol. The number of carbonyl (C=O) groups is 2. The Morgan fingerprint density at radius 2 is 1.70 bits per heavy atom. The van der Waals surface area contributed by atoms with E-state index in [0.717, 1.165) is 0 Å². The molecule has 0 aliphatic heterocycles. The average Bonchev–Trinajstić information content (AvgIpc) is 2.56. The van der Waals surface area contributed by atoms with Crippen molar-refractivity contribution in [3.63, 3.8) is 0 Å².